The Labute approximate surface area is 199 Å². The summed E-state index contributed by atoms with van der Waals surface area (Å²) in [6.07, 6.45) is -3.22. The smallest absolute Gasteiger partial charge is 0.317 e. The highest BCUT2D eigenvalue weighted by molar-refractivity contribution is 6.40. The predicted octanol–water partition coefficient (Wildman–Crippen LogP) is 5.35. The van der Waals surface area contributed by atoms with Crippen LogP contribution in [0.5, 0.6) is 0 Å². The van der Waals surface area contributed by atoms with Gasteiger partial charge in [-0.05, 0) is 43.5 Å². The monoisotopic (exact) mass is 478 g/mol. The van der Waals surface area contributed by atoms with Crippen LogP contribution >= 0.6 is 0 Å². The Morgan fingerprint density at radius 1 is 0.914 bits per heavy atom. The van der Waals surface area contributed by atoms with E-state index >= 15 is 0 Å². The highest BCUT2D eigenvalue weighted by atomic mass is 19.4. The van der Waals surface area contributed by atoms with Gasteiger partial charge in [-0.2, -0.15) is 18.3 Å². The van der Waals surface area contributed by atoms with E-state index in [1.54, 1.807) is 32.0 Å². The first-order valence-electron chi connectivity index (χ1n) is 10.6. The predicted molar refractivity (Wildman–Crippen MR) is 129 cm³/mol. The van der Waals surface area contributed by atoms with E-state index in [1.807, 2.05) is 30.3 Å². The molecule has 2 N–H and O–H groups in total. The number of hydrogen-bond donors (Lipinski definition) is 2. The third-order valence-corrected chi connectivity index (χ3v) is 5.53. The SMILES string of the molecule is Cc1cc(/C=N\NC(=O)C(=O)Nc2cccc3ccccc23)c(C)n1-c1ccccc1C(F)(F)F. The quantitative estimate of drug-likeness (QED) is 0.236. The number of benzene rings is 3. The van der Waals surface area contributed by atoms with Gasteiger partial charge in [0.25, 0.3) is 0 Å². The molecular formula is C26H21F3N4O2. The third-order valence-electron chi connectivity index (χ3n) is 5.53. The molecule has 178 valence electrons. The minimum Gasteiger partial charge on any atom is -0.317 e. The maximum atomic E-state index is 13.5. The van der Waals surface area contributed by atoms with Crippen LogP contribution in [0.3, 0.4) is 0 Å². The van der Waals surface area contributed by atoms with Crippen molar-refractivity contribution in [1.82, 2.24) is 9.99 Å². The van der Waals surface area contributed by atoms with Gasteiger partial charge in [0.05, 0.1) is 17.5 Å². The fourth-order valence-corrected chi connectivity index (χ4v) is 3.92. The average molecular weight is 478 g/mol. The molecule has 6 nitrogen and oxygen atoms in total. The second kappa shape index (κ2) is 9.46. The van der Waals surface area contributed by atoms with Gasteiger partial charge in [0.1, 0.15) is 0 Å². The summed E-state index contributed by atoms with van der Waals surface area (Å²) >= 11 is 0. The molecule has 0 unspecified atom stereocenters. The van der Waals surface area contributed by atoms with Crippen LogP contribution in [0.15, 0.2) is 77.9 Å². The van der Waals surface area contributed by atoms with E-state index in [0.717, 1.165) is 16.8 Å². The normalized spacial score (nSPS) is 11.7. The molecule has 1 heterocycles. The number of rotatable bonds is 4. The fraction of sp³-hybridized carbons (Fsp3) is 0.115. The molecule has 0 bridgehead atoms. The average Bonchev–Trinajstić information content (AvgIpc) is 3.11. The van der Waals surface area contributed by atoms with Gasteiger partial charge < -0.3 is 9.88 Å². The molecule has 0 radical (unpaired) electrons. The lowest BCUT2D eigenvalue weighted by Crippen LogP contribution is -2.32. The van der Waals surface area contributed by atoms with Gasteiger partial charge in [-0.15, -0.1) is 0 Å². The van der Waals surface area contributed by atoms with Gasteiger partial charge in [-0.1, -0.05) is 48.5 Å². The lowest BCUT2D eigenvalue weighted by molar-refractivity contribution is -0.137. The molecular weight excluding hydrogens is 457 g/mol. The summed E-state index contributed by atoms with van der Waals surface area (Å²) in [4.78, 5) is 24.6. The number of alkyl halides is 3. The summed E-state index contributed by atoms with van der Waals surface area (Å²) < 4.78 is 41.9. The van der Waals surface area contributed by atoms with Crippen molar-refractivity contribution < 1.29 is 22.8 Å². The molecule has 0 fully saturated rings. The van der Waals surface area contributed by atoms with Crippen molar-refractivity contribution >= 4 is 34.5 Å². The van der Waals surface area contributed by atoms with Crippen molar-refractivity contribution in [2.24, 2.45) is 5.10 Å². The lowest BCUT2D eigenvalue weighted by atomic mass is 10.1. The number of hydrazone groups is 1. The van der Waals surface area contributed by atoms with Crippen LogP contribution in [0.4, 0.5) is 18.9 Å². The van der Waals surface area contributed by atoms with Crippen LogP contribution in [-0.4, -0.2) is 22.6 Å². The van der Waals surface area contributed by atoms with Crippen LogP contribution in [0, 0.1) is 13.8 Å². The summed E-state index contributed by atoms with van der Waals surface area (Å²) in [5.74, 6) is -1.88. The molecule has 3 aromatic carbocycles. The fourth-order valence-electron chi connectivity index (χ4n) is 3.92. The lowest BCUT2D eigenvalue weighted by Gasteiger charge is -2.16. The third kappa shape index (κ3) is 4.93. The topological polar surface area (TPSA) is 75.5 Å². The first kappa shape index (κ1) is 23.7. The zero-order valence-corrected chi connectivity index (χ0v) is 18.9. The number of hydrogen-bond acceptors (Lipinski definition) is 3. The van der Waals surface area contributed by atoms with E-state index in [9.17, 15) is 22.8 Å². The minimum absolute atomic E-state index is 0.00634. The van der Waals surface area contributed by atoms with E-state index in [1.165, 1.54) is 29.0 Å². The summed E-state index contributed by atoms with van der Waals surface area (Å²) in [5.41, 5.74) is 3.43. The van der Waals surface area contributed by atoms with Crippen molar-refractivity contribution in [2.45, 2.75) is 20.0 Å². The molecule has 2 amide bonds. The Bertz CT molecular complexity index is 1450. The highest BCUT2D eigenvalue weighted by Gasteiger charge is 2.34. The van der Waals surface area contributed by atoms with Gasteiger partial charge in [-0.25, -0.2) is 5.43 Å². The van der Waals surface area contributed by atoms with Crippen molar-refractivity contribution in [3.63, 3.8) is 0 Å². The molecule has 35 heavy (non-hydrogen) atoms. The summed E-state index contributed by atoms with van der Waals surface area (Å²) in [5, 5.41) is 8.08. The number of nitrogens with zero attached hydrogens (tertiary/aromatic N) is 2. The van der Waals surface area contributed by atoms with Crippen LogP contribution in [0.2, 0.25) is 0 Å². The largest absolute Gasteiger partial charge is 0.418 e. The Hall–Kier alpha value is -4.40. The van der Waals surface area contributed by atoms with E-state index in [4.69, 9.17) is 0 Å². The molecule has 9 heteroatoms. The molecule has 0 atom stereocenters. The van der Waals surface area contributed by atoms with E-state index < -0.39 is 23.6 Å². The zero-order valence-electron chi connectivity index (χ0n) is 18.9. The zero-order chi connectivity index (χ0) is 25.2. The molecule has 0 saturated heterocycles. The summed E-state index contributed by atoms with van der Waals surface area (Å²) in [6, 6.07) is 19.7. The number of fused-ring (bicyclic) bond motifs is 1. The number of amides is 2. The second-order valence-electron chi connectivity index (χ2n) is 7.86. The molecule has 0 aliphatic carbocycles. The molecule has 0 aliphatic rings. The van der Waals surface area contributed by atoms with Crippen LogP contribution in [0.25, 0.3) is 16.5 Å². The maximum Gasteiger partial charge on any atom is 0.418 e. The van der Waals surface area contributed by atoms with E-state index in [0.29, 0.717) is 22.6 Å². The van der Waals surface area contributed by atoms with Gasteiger partial charge in [0, 0.05) is 28.0 Å². The standard InChI is InChI=1S/C26H21F3N4O2/c1-16-14-19(17(2)33(16)23-13-6-5-11-21(23)26(27,28)29)15-30-32-25(35)24(34)31-22-12-7-9-18-8-3-4-10-20(18)22/h3-15H,1-2H3,(H,31,34)(H,32,35)/b30-15-. The van der Waals surface area contributed by atoms with Crippen molar-refractivity contribution in [1.29, 1.82) is 0 Å². The molecule has 4 rings (SSSR count). The van der Waals surface area contributed by atoms with E-state index in [-0.39, 0.29) is 5.69 Å². The summed E-state index contributed by atoms with van der Waals surface area (Å²) in [7, 11) is 0. The van der Waals surface area contributed by atoms with Crippen molar-refractivity contribution in [3.05, 3.63) is 95.3 Å². The molecule has 1 aromatic heterocycles. The Kier molecular flexibility index (Phi) is 6.42. The number of para-hydroxylation sites is 1. The molecule has 0 spiro atoms. The number of anilines is 1. The first-order valence-corrected chi connectivity index (χ1v) is 10.6. The van der Waals surface area contributed by atoms with Crippen LogP contribution in [0.1, 0.15) is 22.5 Å². The van der Waals surface area contributed by atoms with Crippen LogP contribution in [-0.2, 0) is 15.8 Å². The maximum absolute atomic E-state index is 13.5. The number of aromatic nitrogens is 1. The number of halogens is 3. The Balaban J connectivity index is 1.50. The van der Waals surface area contributed by atoms with E-state index in [2.05, 4.69) is 15.8 Å². The Morgan fingerprint density at radius 2 is 1.60 bits per heavy atom. The second-order valence-corrected chi connectivity index (χ2v) is 7.86. The first-order chi connectivity index (χ1) is 16.7. The Morgan fingerprint density at radius 3 is 2.37 bits per heavy atom. The summed E-state index contributed by atoms with van der Waals surface area (Å²) in [6.45, 7) is 3.32. The van der Waals surface area contributed by atoms with Crippen molar-refractivity contribution in [3.8, 4) is 5.69 Å². The van der Waals surface area contributed by atoms with Gasteiger partial charge in [0.2, 0.25) is 0 Å². The van der Waals surface area contributed by atoms with Crippen LogP contribution < -0.4 is 10.7 Å². The molecule has 0 saturated carbocycles. The van der Waals surface area contributed by atoms with Gasteiger partial charge in [-0.3, -0.25) is 9.59 Å². The minimum atomic E-state index is -4.51. The highest BCUT2D eigenvalue weighted by Crippen LogP contribution is 2.35. The number of carbonyl (C=O) groups excluding carboxylic acids is 2. The van der Waals surface area contributed by atoms with Crippen molar-refractivity contribution in [2.75, 3.05) is 5.32 Å². The van der Waals surface area contributed by atoms with Gasteiger partial charge in [0.15, 0.2) is 0 Å². The number of nitrogens with one attached hydrogen (secondary N) is 2. The molecule has 4 aromatic rings. The number of aryl methyl sites for hydroxylation is 1. The molecule has 0 aliphatic heterocycles. The number of carbonyl (C=O) groups is 2. The van der Waals surface area contributed by atoms with Gasteiger partial charge >= 0.3 is 18.0 Å².